The maximum atomic E-state index is 11.9. The predicted molar refractivity (Wildman–Crippen MR) is 75.5 cm³/mol. The molecule has 0 N–H and O–H groups in total. The summed E-state index contributed by atoms with van der Waals surface area (Å²) in [4.78, 5) is 13.2. The van der Waals surface area contributed by atoms with Crippen molar-refractivity contribution in [3.63, 3.8) is 0 Å². The van der Waals surface area contributed by atoms with Gasteiger partial charge in [0, 0.05) is 6.04 Å². The summed E-state index contributed by atoms with van der Waals surface area (Å²) in [5.41, 5.74) is 1.90. The van der Waals surface area contributed by atoms with Crippen LogP contribution in [0.25, 0.3) is 0 Å². The van der Waals surface area contributed by atoms with Gasteiger partial charge in [-0.05, 0) is 11.1 Å². The van der Waals surface area contributed by atoms with Crippen molar-refractivity contribution >= 4 is 6.09 Å². The van der Waals surface area contributed by atoms with Crippen LogP contribution in [0.4, 0.5) is 4.79 Å². The zero-order valence-electron chi connectivity index (χ0n) is 10.8. The lowest BCUT2D eigenvalue weighted by Gasteiger charge is -2.20. The van der Waals surface area contributed by atoms with E-state index in [0.29, 0.717) is 0 Å². The largest absolute Gasteiger partial charge is 0.438 e. The SMILES string of the molecule is C#CN1C(=O)O[C@@H](c2ccccc2)[C@H]1c1ccccc1. The van der Waals surface area contributed by atoms with Gasteiger partial charge in [0.05, 0.1) is 0 Å². The van der Waals surface area contributed by atoms with Crippen LogP contribution in [0.5, 0.6) is 0 Å². The second kappa shape index (κ2) is 5.10. The van der Waals surface area contributed by atoms with Crippen molar-refractivity contribution in [2.75, 3.05) is 0 Å². The van der Waals surface area contributed by atoms with Gasteiger partial charge in [-0.25, -0.2) is 9.69 Å². The third kappa shape index (κ3) is 2.02. The Hall–Kier alpha value is -2.73. The Labute approximate surface area is 117 Å². The number of carbonyl (C=O) groups is 1. The molecule has 1 aliphatic rings. The Balaban J connectivity index is 2.06. The minimum absolute atomic E-state index is 0.295. The summed E-state index contributed by atoms with van der Waals surface area (Å²) >= 11 is 0. The Morgan fingerprint density at radius 1 is 0.950 bits per heavy atom. The average molecular weight is 263 g/mol. The average Bonchev–Trinajstić information content (AvgIpc) is 2.85. The monoisotopic (exact) mass is 263 g/mol. The van der Waals surface area contributed by atoms with E-state index in [1.807, 2.05) is 60.7 Å². The summed E-state index contributed by atoms with van der Waals surface area (Å²) in [6.07, 6.45) is 4.60. The van der Waals surface area contributed by atoms with Gasteiger partial charge < -0.3 is 4.74 Å². The molecule has 2 aromatic carbocycles. The first kappa shape index (κ1) is 12.3. The molecule has 0 saturated carbocycles. The smallest absolute Gasteiger partial charge is 0.422 e. The summed E-state index contributed by atoms with van der Waals surface area (Å²) in [6.45, 7) is 0. The van der Waals surface area contributed by atoms with Crippen LogP contribution < -0.4 is 0 Å². The van der Waals surface area contributed by atoms with Gasteiger partial charge in [-0.3, -0.25) is 0 Å². The zero-order valence-corrected chi connectivity index (χ0v) is 10.8. The van der Waals surface area contributed by atoms with Crippen molar-refractivity contribution in [3.05, 3.63) is 71.8 Å². The van der Waals surface area contributed by atoms with E-state index in [2.05, 4.69) is 6.04 Å². The minimum Gasteiger partial charge on any atom is -0.438 e. The van der Waals surface area contributed by atoms with Gasteiger partial charge in [0.1, 0.15) is 6.04 Å². The summed E-state index contributed by atoms with van der Waals surface area (Å²) in [5.74, 6) is 0. The minimum atomic E-state index is -0.477. The number of carbonyl (C=O) groups excluding carboxylic acids is 1. The highest BCUT2D eigenvalue weighted by molar-refractivity contribution is 5.73. The van der Waals surface area contributed by atoms with Crippen LogP contribution in [-0.4, -0.2) is 11.0 Å². The lowest BCUT2D eigenvalue weighted by Crippen LogP contribution is -2.22. The van der Waals surface area contributed by atoms with Gasteiger partial charge in [0.15, 0.2) is 6.10 Å². The highest BCUT2D eigenvalue weighted by Crippen LogP contribution is 2.42. The number of rotatable bonds is 2. The van der Waals surface area contributed by atoms with Gasteiger partial charge in [-0.1, -0.05) is 67.1 Å². The first-order valence-corrected chi connectivity index (χ1v) is 6.37. The molecule has 0 radical (unpaired) electrons. The van der Waals surface area contributed by atoms with Crippen LogP contribution in [0, 0.1) is 12.5 Å². The van der Waals surface area contributed by atoms with Crippen molar-refractivity contribution in [2.45, 2.75) is 12.1 Å². The number of amides is 1. The molecule has 0 spiro atoms. The highest BCUT2D eigenvalue weighted by atomic mass is 16.6. The van der Waals surface area contributed by atoms with Crippen LogP contribution in [0.3, 0.4) is 0 Å². The summed E-state index contributed by atoms with van der Waals surface area (Å²) in [7, 11) is 0. The lowest BCUT2D eigenvalue weighted by atomic mass is 9.96. The van der Waals surface area contributed by atoms with E-state index < -0.39 is 6.09 Å². The Kier molecular flexibility index (Phi) is 3.14. The maximum Gasteiger partial charge on any atom is 0.422 e. The van der Waals surface area contributed by atoms with E-state index in [1.165, 1.54) is 4.90 Å². The van der Waals surface area contributed by atoms with Crippen LogP contribution >= 0.6 is 0 Å². The predicted octanol–water partition coefficient (Wildman–Crippen LogP) is 3.51. The fourth-order valence-electron chi connectivity index (χ4n) is 2.48. The molecular formula is C17H13NO2. The highest BCUT2D eigenvalue weighted by Gasteiger charge is 2.43. The molecule has 3 heteroatoms. The fraction of sp³-hybridized carbons (Fsp3) is 0.118. The van der Waals surface area contributed by atoms with Gasteiger partial charge in [-0.2, -0.15) is 0 Å². The molecule has 1 aliphatic heterocycles. The quantitative estimate of drug-likeness (QED) is 0.776. The second-order valence-corrected chi connectivity index (χ2v) is 4.57. The van der Waals surface area contributed by atoms with Crippen molar-refractivity contribution < 1.29 is 9.53 Å². The molecule has 1 saturated heterocycles. The number of hydrogen-bond donors (Lipinski definition) is 0. The molecule has 0 bridgehead atoms. The number of terminal acetylenes is 1. The lowest BCUT2D eigenvalue weighted by molar-refractivity contribution is 0.131. The van der Waals surface area contributed by atoms with E-state index in [9.17, 15) is 4.79 Å². The van der Waals surface area contributed by atoms with Crippen molar-refractivity contribution in [2.24, 2.45) is 0 Å². The van der Waals surface area contributed by atoms with E-state index in [1.54, 1.807) is 0 Å². The summed E-state index contributed by atoms with van der Waals surface area (Å²) < 4.78 is 5.46. The molecule has 3 nitrogen and oxygen atoms in total. The van der Waals surface area contributed by atoms with Crippen LogP contribution in [0.15, 0.2) is 60.7 Å². The number of benzene rings is 2. The van der Waals surface area contributed by atoms with Gasteiger partial charge in [-0.15, -0.1) is 0 Å². The molecule has 2 atom stereocenters. The van der Waals surface area contributed by atoms with Crippen molar-refractivity contribution in [1.82, 2.24) is 4.90 Å². The molecule has 98 valence electrons. The second-order valence-electron chi connectivity index (χ2n) is 4.57. The normalized spacial score (nSPS) is 21.4. The fourth-order valence-corrected chi connectivity index (χ4v) is 2.48. The molecule has 0 aromatic heterocycles. The first-order chi connectivity index (χ1) is 9.81. The maximum absolute atomic E-state index is 11.9. The zero-order chi connectivity index (χ0) is 13.9. The molecule has 2 aromatic rings. The number of ether oxygens (including phenoxy) is 1. The Morgan fingerprint density at radius 2 is 1.50 bits per heavy atom. The topological polar surface area (TPSA) is 29.5 Å². The van der Waals surface area contributed by atoms with Crippen LogP contribution in [-0.2, 0) is 4.74 Å². The standard InChI is InChI=1S/C17H13NO2/c1-2-18-15(13-9-5-3-6-10-13)16(20-17(18)19)14-11-7-4-8-12-14/h1,3-12,15-16H/t15-,16+/m1/s1. The third-order valence-electron chi connectivity index (χ3n) is 3.40. The van der Waals surface area contributed by atoms with E-state index in [0.717, 1.165) is 11.1 Å². The summed E-state index contributed by atoms with van der Waals surface area (Å²) in [5, 5.41) is 0. The summed E-state index contributed by atoms with van der Waals surface area (Å²) in [6, 6.07) is 21.5. The Bertz CT molecular complexity index is 646. The van der Waals surface area contributed by atoms with E-state index in [-0.39, 0.29) is 12.1 Å². The molecule has 3 rings (SSSR count). The van der Waals surface area contributed by atoms with Gasteiger partial charge in [0.25, 0.3) is 0 Å². The number of cyclic esters (lactones) is 1. The third-order valence-corrected chi connectivity index (χ3v) is 3.40. The molecule has 1 amide bonds. The van der Waals surface area contributed by atoms with Crippen LogP contribution in [0.1, 0.15) is 23.3 Å². The Morgan fingerprint density at radius 3 is 2.05 bits per heavy atom. The molecule has 0 aliphatic carbocycles. The van der Waals surface area contributed by atoms with Gasteiger partial charge in [0.2, 0.25) is 0 Å². The van der Waals surface area contributed by atoms with E-state index >= 15 is 0 Å². The molecular weight excluding hydrogens is 250 g/mol. The van der Waals surface area contributed by atoms with Gasteiger partial charge >= 0.3 is 6.09 Å². The van der Waals surface area contributed by atoms with Crippen molar-refractivity contribution in [1.29, 1.82) is 0 Å². The van der Waals surface area contributed by atoms with Crippen molar-refractivity contribution in [3.8, 4) is 12.5 Å². The van der Waals surface area contributed by atoms with E-state index in [4.69, 9.17) is 11.2 Å². The molecule has 20 heavy (non-hydrogen) atoms. The molecule has 0 unspecified atom stereocenters. The molecule has 1 heterocycles. The molecule has 1 fully saturated rings. The van der Waals surface area contributed by atoms with Crippen LogP contribution in [0.2, 0.25) is 0 Å². The first-order valence-electron chi connectivity index (χ1n) is 6.37. The number of hydrogen-bond acceptors (Lipinski definition) is 2. The number of nitrogens with zero attached hydrogens (tertiary/aromatic N) is 1.